The molecular weight excluding hydrogens is 216 g/mol. The summed E-state index contributed by atoms with van der Waals surface area (Å²) < 4.78 is 0. The molecule has 0 bridgehead atoms. The van der Waals surface area contributed by atoms with Crippen LogP contribution in [0, 0.1) is 0 Å². The summed E-state index contributed by atoms with van der Waals surface area (Å²) in [5, 5.41) is 13.2. The highest BCUT2D eigenvalue weighted by atomic mass is 16.3. The zero-order valence-electron chi connectivity index (χ0n) is 10.8. The number of nitrogens with one attached hydrogen (secondary N) is 1. The van der Waals surface area contributed by atoms with Crippen LogP contribution in [0.5, 0.6) is 0 Å². The van der Waals surface area contributed by atoms with E-state index in [1.165, 1.54) is 6.33 Å². The molecule has 1 atom stereocenters. The van der Waals surface area contributed by atoms with E-state index in [1.54, 1.807) is 0 Å². The van der Waals surface area contributed by atoms with Crippen LogP contribution >= 0.6 is 0 Å². The Labute approximate surface area is 102 Å². The Morgan fingerprint density at radius 1 is 1.41 bits per heavy atom. The second kappa shape index (κ2) is 5.82. The van der Waals surface area contributed by atoms with Crippen molar-refractivity contribution in [1.82, 2.24) is 9.97 Å². The van der Waals surface area contributed by atoms with Crippen LogP contribution in [0.4, 0.5) is 11.6 Å². The van der Waals surface area contributed by atoms with Crippen molar-refractivity contribution in [2.75, 3.05) is 17.6 Å². The molecule has 0 aliphatic carbocycles. The summed E-state index contributed by atoms with van der Waals surface area (Å²) in [7, 11) is 0. The quantitative estimate of drug-likeness (QED) is 0.701. The lowest BCUT2D eigenvalue weighted by molar-refractivity contribution is 0.0636. The number of anilines is 2. The van der Waals surface area contributed by atoms with Gasteiger partial charge in [-0.25, -0.2) is 9.97 Å². The Kier molecular flexibility index (Phi) is 4.69. The topological polar surface area (TPSA) is 84.1 Å². The molecule has 0 amide bonds. The van der Waals surface area contributed by atoms with Gasteiger partial charge in [-0.2, -0.15) is 0 Å². The monoisotopic (exact) mass is 238 g/mol. The summed E-state index contributed by atoms with van der Waals surface area (Å²) in [6.07, 6.45) is 3.90. The SMILES string of the molecule is CCCC(C)(O)CNc1ncnc(N)c1CC. The molecule has 5 heteroatoms. The summed E-state index contributed by atoms with van der Waals surface area (Å²) in [4.78, 5) is 8.12. The van der Waals surface area contributed by atoms with E-state index in [9.17, 15) is 5.11 Å². The average Bonchev–Trinajstić information content (AvgIpc) is 2.26. The third kappa shape index (κ3) is 3.85. The fourth-order valence-electron chi connectivity index (χ4n) is 1.83. The molecule has 1 heterocycles. The normalized spacial score (nSPS) is 14.4. The van der Waals surface area contributed by atoms with Crippen molar-refractivity contribution in [1.29, 1.82) is 0 Å². The van der Waals surface area contributed by atoms with E-state index in [1.807, 2.05) is 13.8 Å². The fourth-order valence-corrected chi connectivity index (χ4v) is 1.83. The summed E-state index contributed by atoms with van der Waals surface area (Å²) in [5.41, 5.74) is 5.96. The van der Waals surface area contributed by atoms with Gasteiger partial charge in [-0.15, -0.1) is 0 Å². The van der Waals surface area contributed by atoms with Crippen molar-refractivity contribution in [3.8, 4) is 0 Å². The van der Waals surface area contributed by atoms with E-state index in [0.717, 1.165) is 30.6 Å². The van der Waals surface area contributed by atoms with Crippen molar-refractivity contribution >= 4 is 11.6 Å². The number of aromatic nitrogens is 2. The predicted molar refractivity (Wildman–Crippen MR) is 69.8 cm³/mol. The molecule has 0 spiro atoms. The number of aliphatic hydroxyl groups is 1. The third-order valence-electron chi connectivity index (χ3n) is 2.76. The first-order valence-corrected chi connectivity index (χ1v) is 6.05. The highest BCUT2D eigenvalue weighted by molar-refractivity contribution is 5.54. The molecule has 0 aliphatic heterocycles. The molecule has 0 aromatic carbocycles. The smallest absolute Gasteiger partial charge is 0.134 e. The molecule has 0 radical (unpaired) electrons. The van der Waals surface area contributed by atoms with Gasteiger partial charge in [-0.05, 0) is 19.8 Å². The van der Waals surface area contributed by atoms with Gasteiger partial charge in [-0.1, -0.05) is 20.3 Å². The highest BCUT2D eigenvalue weighted by Crippen LogP contribution is 2.19. The van der Waals surface area contributed by atoms with Crippen molar-refractivity contribution in [2.45, 2.75) is 45.6 Å². The molecule has 17 heavy (non-hydrogen) atoms. The van der Waals surface area contributed by atoms with Crippen LogP contribution in [-0.4, -0.2) is 27.2 Å². The standard InChI is InChI=1S/C12H22N4O/c1-4-6-12(3,17)7-14-11-9(5-2)10(13)15-8-16-11/h8,17H,4-7H2,1-3H3,(H3,13,14,15,16). The molecule has 1 aromatic heterocycles. The van der Waals surface area contributed by atoms with Gasteiger partial charge in [0.15, 0.2) is 0 Å². The molecule has 4 N–H and O–H groups in total. The van der Waals surface area contributed by atoms with Crippen molar-refractivity contribution in [2.24, 2.45) is 0 Å². The predicted octanol–water partition coefficient (Wildman–Crippen LogP) is 1.58. The minimum atomic E-state index is -0.723. The first-order valence-electron chi connectivity index (χ1n) is 6.05. The molecular formula is C12H22N4O. The van der Waals surface area contributed by atoms with Crippen molar-refractivity contribution < 1.29 is 5.11 Å². The maximum Gasteiger partial charge on any atom is 0.134 e. The first-order chi connectivity index (χ1) is 8.00. The van der Waals surface area contributed by atoms with Gasteiger partial charge in [0.2, 0.25) is 0 Å². The molecule has 0 fully saturated rings. The second-order valence-electron chi connectivity index (χ2n) is 4.54. The second-order valence-corrected chi connectivity index (χ2v) is 4.54. The van der Waals surface area contributed by atoms with Gasteiger partial charge in [-0.3, -0.25) is 0 Å². The van der Waals surface area contributed by atoms with Crippen LogP contribution in [0.25, 0.3) is 0 Å². The summed E-state index contributed by atoms with van der Waals surface area (Å²) >= 11 is 0. The zero-order valence-corrected chi connectivity index (χ0v) is 10.8. The van der Waals surface area contributed by atoms with Gasteiger partial charge in [0.05, 0.1) is 5.60 Å². The van der Waals surface area contributed by atoms with Crippen molar-refractivity contribution in [3.63, 3.8) is 0 Å². The van der Waals surface area contributed by atoms with E-state index in [-0.39, 0.29) is 0 Å². The lowest BCUT2D eigenvalue weighted by atomic mass is 10.0. The molecule has 96 valence electrons. The van der Waals surface area contributed by atoms with Crippen LogP contribution in [0.3, 0.4) is 0 Å². The van der Waals surface area contributed by atoms with Gasteiger partial charge in [0, 0.05) is 12.1 Å². The Morgan fingerprint density at radius 3 is 2.71 bits per heavy atom. The van der Waals surface area contributed by atoms with E-state index in [2.05, 4.69) is 22.2 Å². The van der Waals surface area contributed by atoms with Gasteiger partial charge < -0.3 is 16.2 Å². The summed E-state index contributed by atoms with van der Waals surface area (Å²) in [5.74, 6) is 1.22. The Bertz CT molecular complexity index is 366. The maximum absolute atomic E-state index is 10.1. The minimum absolute atomic E-state index is 0.463. The van der Waals surface area contributed by atoms with Gasteiger partial charge >= 0.3 is 0 Å². The molecule has 1 unspecified atom stereocenters. The number of nitrogen functional groups attached to an aromatic ring is 1. The summed E-state index contributed by atoms with van der Waals surface area (Å²) in [6.45, 7) is 6.34. The molecule has 0 aliphatic rings. The Morgan fingerprint density at radius 2 is 2.12 bits per heavy atom. The zero-order chi connectivity index (χ0) is 12.9. The lowest BCUT2D eigenvalue weighted by Gasteiger charge is -2.24. The number of hydrogen-bond acceptors (Lipinski definition) is 5. The van der Waals surface area contributed by atoms with Gasteiger partial charge in [0.25, 0.3) is 0 Å². The first kappa shape index (κ1) is 13.7. The van der Waals surface area contributed by atoms with Crippen molar-refractivity contribution in [3.05, 3.63) is 11.9 Å². The highest BCUT2D eigenvalue weighted by Gasteiger charge is 2.19. The van der Waals surface area contributed by atoms with Crippen LogP contribution in [0.2, 0.25) is 0 Å². The average molecular weight is 238 g/mol. The third-order valence-corrected chi connectivity index (χ3v) is 2.76. The van der Waals surface area contributed by atoms with Crippen LogP contribution in [-0.2, 0) is 6.42 Å². The minimum Gasteiger partial charge on any atom is -0.388 e. The molecule has 1 rings (SSSR count). The maximum atomic E-state index is 10.1. The van der Waals surface area contributed by atoms with Crippen LogP contribution in [0.15, 0.2) is 6.33 Å². The van der Waals surface area contributed by atoms with E-state index >= 15 is 0 Å². The Hall–Kier alpha value is -1.36. The molecule has 1 aromatic rings. The van der Waals surface area contributed by atoms with E-state index < -0.39 is 5.60 Å². The molecule has 0 saturated heterocycles. The molecule has 5 nitrogen and oxygen atoms in total. The molecule has 0 saturated carbocycles. The Balaban J connectivity index is 2.72. The number of nitrogens with two attached hydrogens (primary N) is 1. The van der Waals surface area contributed by atoms with Crippen LogP contribution < -0.4 is 11.1 Å². The fraction of sp³-hybridized carbons (Fsp3) is 0.667. The summed E-state index contributed by atoms with van der Waals surface area (Å²) in [6, 6.07) is 0. The number of hydrogen-bond donors (Lipinski definition) is 3. The van der Waals surface area contributed by atoms with E-state index in [0.29, 0.717) is 12.4 Å². The lowest BCUT2D eigenvalue weighted by Crippen LogP contribution is -2.33. The number of rotatable bonds is 6. The van der Waals surface area contributed by atoms with Crippen LogP contribution in [0.1, 0.15) is 39.2 Å². The number of nitrogens with zero attached hydrogens (tertiary/aromatic N) is 2. The van der Waals surface area contributed by atoms with Gasteiger partial charge in [0.1, 0.15) is 18.0 Å². The largest absolute Gasteiger partial charge is 0.388 e. The van der Waals surface area contributed by atoms with E-state index in [4.69, 9.17) is 5.73 Å².